The molecule has 0 bridgehead atoms. The number of hydrogen-bond donors (Lipinski definition) is 1. The van der Waals surface area contributed by atoms with E-state index in [-0.39, 0.29) is 5.54 Å². The molecule has 1 N–H and O–H groups in total. The molecule has 5 nitrogen and oxygen atoms in total. The molecule has 27 heavy (non-hydrogen) atoms. The minimum Gasteiger partial charge on any atom is -0.372 e. The Bertz CT molecular complexity index is 922. The van der Waals surface area contributed by atoms with Gasteiger partial charge in [0, 0.05) is 5.69 Å². The van der Waals surface area contributed by atoms with Gasteiger partial charge >= 0.3 is 0 Å². The van der Waals surface area contributed by atoms with Gasteiger partial charge in [-0.05, 0) is 85.2 Å². The summed E-state index contributed by atoms with van der Waals surface area (Å²) in [7, 11) is 0. The molecule has 4 rings (SSSR count). The summed E-state index contributed by atoms with van der Waals surface area (Å²) in [5.74, 6) is 1.64. The Labute approximate surface area is 160 Å². The zero-order chi connectivity index (χ0) is 18.9. The summed E-state index contributed by atoms with van der Waals surface area (Å²) < 4.78 is 1.91. The molecule has 0 radical (unpaired) electrons. The topological polar surface area (TPSA) is 55.6 Å². The van der Waals surface area contributed by atoms with Crippen LogP contribution in [0.3, 0.4) is 0 Å². The number of rotatable bonds is 4. The number of benzene rings is 2. The van der Waals surface area contributed by atoms with E-state index in [4.69, 9.17) is 0 Å². The number of tetrazole rings is 1. The number of nitrogens with one attached hydrogen (secondary N) is 1. The number of hydrogen-bond acceptors (Lipinski definition) is 4. The summed E-state index contributed by atoms with van der Waals surface area (Å²) in [4.78, 5) is 0. The van der Waals surface area contributed by atoms with Crippen molar-refractivity contribution < 1.29 is 0 Å². The zero-order valence-electron chi connectivity index (χ0n) is 16.3. The predicted molar refractivity (Wildman–Crippen MR) is 108 cm³/mol. The molecule has 1 aliphatic carbocycles. The number of aryl methyl sites for hydroxylation is 2. The molecule has 2 aromatic carbocycles. The van der Waals surface area contributed by atoms with Gasteiger partial charge in [0.1, 0.15) is 0 Å². The fourth-order valence-electron chi connectivity index (χ4n) is 4.05. The first-order valence-electron chi connectivity index (χ1n) is 9.77. The highest BCUT2D eigenvalue weighted by atomic mass is 15.6. The lowest BCUT2D eigenvalue weighted by atomic mass is 9.76. The number of anilines is 1. The van der Waals surface area contributed by atoms with E-state index >= 15 is 0 Å². The van der Waals surface area contributed by atoms with Crippen molar-refractivity contribution in [3.63, 3.8) is 0 Å². The standard InChI is InChI=1S/C22H27N5/c1-16-11-13-22(14-12-16,23-20-10-5-4-8-18(20)3)21-24-25-26-27(21)19-9-6-7-17(2)15-19/h4-10,15-16,23H,11-14H2,1-3H3. The van der Waals surface area contributed by atoms with Crippen molar-refractivity contribution in [2.45, 2.75) is 52.0 Å². The van der Waals surface area contributed by atoms with Crippen LogP contribution in [-0.2, 0) is 5.54 Å². The third-order valence-corrected chi connectivity index (χ3v) is 5.79. The van der Waals surface area contributed by atoms with Crippen molar-refractivity contribution in [2.24, 2.45) is 5.92 Å². The SMILES string of the molecule is Cc1cccc(-n2nnnc2C2(Nc3ccccc3C)CCC(C)CC2)c1. The monoisotopic (exact) mass is 361 g/mol. The Morgan fingerprint density at radius 1 is 1.04 bits per heavy atom. The van der Waals surface area contributed by atoms with Gasteiger partial charge in [-0.15, -0.1) is 5.10 Å². The van der Waals surface area contributed by atoms with Crippen LogP contribution in [0, 0.1) is 19.8 Å². The number of nitrogens with zero attached hydrogens (tertiary/aromatic N) is 4. The minimum atomic E-state index is -0.258. The molecule has 0 aliphatic heterocycles. The Hall–Kier alpha value is -2.69. The fourth-order valence-corrected chi connectivity index (χ4v) is 4.05. The van der Waals surface area contributed by atoms with E-state index in [1.165, 1.54) is 24.0 Å². The van der Waals surface area contributed by atoms with Gasteiger partial charge in [0.05, 0.1) is 11.2 Å². The highest BCUT2D eigenvalue weighted by Crippen LogP contribution is 2.42. The van der Waals surface area contributed by atoms with Gasteiger partial charge in [-0.1, -0.05) is 37.3 Å². The molecule has 1 aliphatic rings. The van der Waals surface area contributed by atoms with Crippen LogP contribution in [0.2, 0.25) is 0 Å². The maximum absolute atomic E-state index is 4.51. The number of para-hydroxylation sites is 1. The molecular formula is C22H27N5. The summed E-state index contributed by atoms with van der Waals surface area (Å²) in [6, 6.07) is 16.8. The van der Waals surface area contributed by atoms with Crippen molar-refractivity contribution in [3.8, 4) is 5.69 Å². The van der Waals surface area contributed by atoms with Crippen molar-refractivity contribution in [1.29, 1.82) is 0 Å². The van der Waals surface area contributed by atoms with Crippen LogP contribution in [0.15, 0.2) is 48.5 Å². The van der Waals surface area contributed by atoms with Gasteiger partial charge in [-0.2, -0.15) is 4.68 Å². The molecule has 0 amide bonds. The van der Waals surface area contributed by atoms with E-state index in [2.05, 4.69) is 90.1 Å². The first-order chi connectivity index (χ1) is 13.1. The third kappa shape index (κ3) is 3.46. The molecule has 0 saturated heterocycles. The molecule has 140 valence electrons. The fraction of sp³-hybridized carbons (Fsp3) is 0.409. The Morgan fingerprint density at radius 2 is 1.81 bits per heavy atom. The molecule has 5 heteroatoms. The lowest BCUT2D eigenvalue weighted by Gasteiger charge is -2.40. The van der Waals surface area contributed by atoms with E-state index in [0.717, 1.165) is 36.0 Å². The maximum Gasteiger partial charge on any atom is 0.181 e. The highest BCUT2D eigenvalue weighted by molar-refractivity contribution is 5.53. The minimum absolute atomic E-state index is 0.258. The average molecular weight is 361 g/mol. The van der Waals surface area contributed by atoms with Crippen molar-refractivity contribution in [2.75, 3.05) is 5.32 Å². The van der Waals surface area contributed by atoms with Crippen LogP contribution >= 0.6 is 0 Å². The molecule has 0 unspecified atom stereocenters. The molecule has 0 spiro atoms. The van der Waals surface area contributed by atoms with Crippen LogP contribution in [0.25, 0.3) is 5.69 Å². The summed E-state index contributed by atoms with van der Waals surface area (Å²) in [5.41, 5.74) is 4.36. The van der Waals surface area contributed by atoms with E-state index < -0.39 is 0 Å². The first-order valence-corrected chi connectivity index (χ1v) is 9.77. The second-order valence-corrected chi connectivity index (χ2v) is 7.96. The van der Waals surface area contributed by atoms with Crippen LogP contribution in [0.4, 0.5) is 5.69 Å². The third-order valence-electron chi connectivity index (χ3n) is 5.79. The first kappa shape index (κ1) is 17.7. The Morgan fingerprint density at radius 3 is 2.56 bits per heavy atom. The lowest BCUT2D eigenvalue weighted by molar-refractivity contribution is 0.255. The molecule has 1 heterocycles. The van der Waals surface area contributed by atoms with Crippen molar-refractivity contribution in [1.82, 2.24) is 20.2 Å². The van der Waals surface area contributed by atoms with Gasteiger partial charge < -0.3 is 5.32 Å². The van der Waals surface area contributed by atoms with Gasteiger partial charge in [-0.3, -0.25) is 0 Å². The summed E-state index contributed by atoms with van der Waals surface area (Å²) in [6.45, 7) is 6.57. The maximum atomic E-state index is 4.51. The van der Waals surface area contributed by atoms with Gasteiger partial charge in [-0.25, -0.2) is 0 Å². The van der Waals surface area contributed by atoms with E-state index in [0.29, 0.717) is 0 Å². The van der Waals surface area contributed by atoms with Crippen LogP contribution in [-0.4, -0.2) is 20.2 Å². The van der Waals surface area contributed by atoms with Crippen LogP contribution in [0.5, 0.6) is 0 Å². The average Bonchev–Trinajstić information content (AvgIpc) is 3.16. The molecule has 1 saturated carbocycles. The quantitative estimate of drug-likeness (QED) is 0.725. The molecule has 1 fully saturated rings. The summed E-state index contributed by atoms with van der Waals surface area (Å²) in [5, 5.41) is 16.8. The van der Waals surface area contributed by atoms with E-state index in [9.17, 15) is 0 Å². The van der Waals surface area contributed by atoms with E-state index in [1.54, 1.807) is 0 Å². The van der Waals surface area contributed by atoms with Crippen LogP contribution in [0.1, 0.15) is 49.6 Å². The zero-order valence-corrected chi connectivity index (χ0v) is 16.3. The normalized spacial score (nSPS) is 22.6. The van der Waals surface area contributed by atoms with Gasteiger partial charge in [0.2, 0.25) is 0 Å². The molecule has 0 atom stereocenters. The highest BCUT2D eigenvalue weighted by Gasteiger charge is 2.41. The van der Waals surface area contributed by atoms with Crippen LogP contribution < -0.4 is 5.32 Å². The Balaban J connectivity index is 1.79. The Kier molecular flexibility index (Phi) is 4.68. The predicted octanol–water partition coefficient (Wildman–Crippen LogP) is 4.80. The lowest BCUT2D eigenvalue weighted by Crippen LogP contribution is -2.41. The van der Waals surface area contributed by atoms with E-state index in [1.807, 2.05) is 4.68 Å². The summed E-state index contributed by atoms with van der Waals surface area (Å²) in [6.07, 6.45) is 4.38. The van der Waals surface area contributed by atoms with Crippen molar-refractivity contribution >= 4 is 5.69 Å². The molecule has 3 aromatic rings. The summed E-state index contributed by atoms with van der Waals surface area (Å²) >= 11 is 0. The molecule has 1 aromatic heterocycles. The smallest absolute Gasteiger partial charge is 0.181 e. The van der Waals surface area contributed by atoms with Gasteiger partial charge in [0.25, 0.3) is 0 Å². The second kappa shape index (κ2) is 7.14. The van der Waals surface area contributed by atoms with Gasteiger partial charge in [0.15, 0.2) is 5.82 Å². The number of aromatic nitrogens is 4. The molecular weight excluding hydrogens is 334 g/mol. The van der Waals surface area contributed by atoms with Crippen molar-refractivity contribution in [3.05, 3.63) is 65.5 Å². The second-order valence-electron chi connectivity index (χ2n) is 7.96. The largest absolute Gasteiger partial charge is 0.372 e.